The van der Waals surface area contributed by atoms with E-state index < -0.39 is 10.0 Å². The maximum atomic E-state index is 12.3. The highest BCUT2D eigenvalue weighted by Gasteiger charge is 2.18. The molecule has 0 atom stereocenters. The molecule has 1 N–H and O–H groups in total. The van der Waals surface area contributed by atoms with Crippen molar-refractivity contribution in [2.45, 2.75) is 20.3 Å². The van der Waals surface area contributed by atoms with Gasteiger partial charge in [-0.25, -0.2) is 12.7 Å². The molecule has 6 nitrogen and oxygen atoms in total. The molecule has 0 bridgehead atoms. The number of fused-ring (bicyclic) bond motifs is 1. The standard InChI is InChI=1S/C16H21BrN2O4S/c1-4-19(24(3,21)22)9-5-8-18-16(20)15-11(2)13-10-12(17)6-7-14(13)23-15/h6-7,10H,4-5,8-9H2,1-3H3,(H,18,20). The normalized spacial score (nSPS) is 12.0. The summed E-state index contributed by atoms with van der Waals surface area (Å²) in [6, 6.07) is 5.59. The largest absolute Gasteiger partial charge is 0.451 e. The van der Waals surface area contributed by atoms with Gasteiger partial charge in [-0.3, -0.25) is 4.79 Å². The van der Waals surface area contributed by atoms with E-state index in [0.717, 1.165) is 15.4 Å². The van der Waals surface area contributed by atoms with Crippen LogP contribution in [0.3, 0.4) is 0 Å². The maximum Gasteiger partial charge on any atom is 0.287 e. The lowest BCUT2D eigenvalue weighted by Crippen LogP contribution is -2.33. The topological polar surface area (TPSA) is 79.6 Å². The van der Waals surface area contributed by atoms with Gasteiger partial charge in [0.05, 0.1) is 6.26 Å². The van der Waals surface area contributed by atoms with E-state index in [0.29, 0.717) is 37.4 Å². The fourth-order valence-electron chi connectivity index (χ4n) is 2.51. The predicted octanol–water partition coefficient (Wildman–Crippen LogP) is 2.91. The number of halogens is 1. The molecule has 1 aromatic carbocycles. The molecule has 1 aromatic heterocycles. The molecule has 0 spiro atoms. The van der Waals surface area contributed by atoms with Crippen LogP contribution in [0.25, 0.3) is 11.0 Å². The molecule has 0 aliphatic heterocycles. The van der Waals surface area contributed by atoms with Gasteiger partial charge in [-0.1, -0.05) is 22.9 Å². The Kier molecular flexibility index (Phi) is 6.06. The van der Waals surface area contributed by atoms with E-state index in [1.807, 2.05) is 25.1 Å². The van der Waals surface area contributed by atoms with Gasteiger partial charge in [-0.15, -0.1) is 0 Å². The molecule has 1 heterocycles. The van der Waals surface area contributed by atoms with E-state index in [1.165, 1.54) is 10.6 Å². The van der Waals surface area contributed by atoms with Gasteiger partial charge in [0.15, 0.2) is 5.76 Å². The van der Waals surface area contributed by atoms with Crippen LogP contribution in [0.1, 0.15) is 29.5 Å². The van der Waals surface area contributed by atoms with E-state index in [-0.39, 0.29) is 5.91 Å². The zero-order valence-electron chi connectivity index (χ0n) is 13.9. The Hall–Kier alpha value is -1.38. The van der Waals surface area contributed by atoms with Gasteiger partial charge in [0, 0.05) is 35.1 Å². The number of sulfonamides is 1. The van der Waals surface area contributed by atoms with Gasteiger partial charge in [0.1, 0.15) is 5.58 Å². The first kappa shape index (κ1) is 19.0. The van der Waals surface area contributed by atoms with Crippen LogP contribution in [-0.2, 0) is 10.0 Å². The fourth-order valence-corrected chi connectivity index (χ4v) is 3.80. The Balaban J connectivity index is 1.97. The molecule has 132 valence electrons. The number of rotatable bonds is 7. The van der Waals surface area contributed by atoms with Gasteiger partial charge in [-0.05, 0) is 31.5 Å². The molecule has 0 radical (unpaired) electrons. The number of hydrogen-bond acceptors (Lipinski definition) is 4. The van der Waals surface area contributed by atoms with Gasteiger partial charge in [0.2, 0.25) is 10.0 Å². The summed E-state index contributed by atoms with van der Waals surface area (Å²) in [6.07, 6.45) is 1.72. The van der Waals surface area contributed by atoms with Gasteiger partial charge >= 0.3 is 0 Å². The molecular formula is C16H21BrN2O4S. The molecule has 8 heteroatoms. The number of benzene rings is 1. The lowest BCUT2D eigenvalue weighted by Gasteiger charge is -2.17. The first-order valence-corrected chi connectivity index (χ1v) is 10.3. The molecule has 2 rings (SSSR count). The van der Waals surface area contributed by atoms with E-state index in [9.17, 15) is 13.2 Å². The van der Waals surface area contributed by atoms with Crippen molar-refractivity contribution in [3.63, 3.8) is 0 Å². The number of carbonyl (C=O) groups is 1. The third kappa shape index (κ3) is 4.37. The van der Waals surface area contributed by atoms with Crippen molar-refractivity contribution < 1.29 is 17.6 Å². The molecule has 0 unspecified atom stereocenters. The molecule has 24 heavy (non-hydrogen) atoms. The highest BCUT2D eigenvalue weighted by atomic mass is 79.9. The molecule has 0 saturated carbocycles. The number of nitrogens with one attached hydrogen (secondary N) is 1. The van der Waals surface area contributed by atoms with Crippen molar-refractivity contribution >= 4 is 42.8 Å². The third-order valence-corrected chi connectivity index (χ3v) is 5.67. The number of hydrogen-bond donors (Lipinski definition) is 1. The first-order chi connectivity index (χ1) is 11.2. The zero-order chi connectivity index (χ0) is 17.9. The Morgan fingerprint density at radius 3 is 2.71 bits per heavy atom. The van der Waals surface area contributed by atoms with Crippen molar-refractivity contribution in [2.24, 2.45) is 0 Å². The summed E-state index contributed by atoms with van der Waals surface area (Å²) < 4.78 is 30.9. The number of carbonyl (C=O) groups excluding carboxylic acids is 1. The lowest BCUT2D eigenvalue weighted by molar-refractivity contribution is 0.0926. The molecule has 0 aliphatic carbocycles. The smallest absolute Gasteiger partial charge is 0.287 e. The van der Waals surface area contributed by atoms with Crippen LogP contribution < -0.4 is 5.32 Å². The van der Waals surface area contributed by atoms with E-state index >= 15 is 0 Å². The molecule has 1 amide bonds. The molecular weight excluding hydrogens is 396 g/mol. The monoisotopic (exact) mass is 416 g/mol. The molecule has 2 aromatic rings. The quantitative estimate of drug-likeness (QED) is 0.703. The Morgan fingerprint density at radius 1 is 1.38 bits per heavy atom. The average molecular weight is 417 g/mol. The van der Waals surface area contributed by atoms with Crippen LogP contribution >= 0.6 is 15.9 Å². The van der Waals surface area contributed by atoms with Gasteiger partial charge in [-0.2, -0.15) is 0 Å². The van der Waals surface area contributed by atoms with Crippen LogP contribution in [0.5, 0.6) is 0 Å². The van der Waals surface area contributed by atoms with E-state index in [4.69, 9.17) is 4.42 Å². The third-order valence-electron chi connectivity index (χ3n) is 3.80. The summed E-state index contributed by atoms with van der Waals surface area (Å²) in [5, 5.41) is 3.67. The second-order valence-electron chi connectivity index (χ2n) is 5.56. The first-order valence-electron chi connectivity index (χ1n) is 7.66. The highest BCUT2D eigenvalue weighted by Crippen LogP contribution is 2.27. The SMILES string of the molecule is CCN(CCCNC(=O)c1oc2ccc(Br)cc2c1C)S(C)(=O)=O. The Morgan fingerprint density at radius 2 is 2.08 bits per heavy atom. The molecule has 0 fully saturated rings. The van der Waals surface area contributed by atoms with Crippen molar-refractivity contribution in [2.75, 3.05) is 25.9 Å². The fraction of sp³-hybridized carbons (Fsp3) is 0.438. The van der Waals surface area contributed by atoms with Crippen molar-refractivity contribution in [1.82, 2.24) is 9.62 Å². The summed E-state index contributed by atoms with van der Waals surface area (Å²) >= 11 is 3.40. The van der Waals surface area contributed by atoms with Crippen LogP contribution in [0.15, 0.2) is 27.1 Å². The Labute approximate surface area is 150 Å². The van der Waals surface area contributed by atoms with Gasteiger partial charge in [0.25, 0.3) is 5.91 Å². The van der Waals surface area contributed by atoms with Crippen molar-refractivity contribution in [3.8, 4) is 0 Å². The second-order valence-corrected chi connectivity index (χ2v) is 8.46. The Bertz CT molecular complexity index is 845. The average Bonchev–Trinajstić information content (AvgIpc) is 2.82. The van der Waals surface area contributed by atoms with E-state index in [2.05, 4.69) is 21.2 Å². The summed E-state index contributed by atoms with van der Waals surface area (Å²) in [7, 11) is -3.20. The zero-order valence-corrected chi connectivity index (χ0v) is 16.3. The van der Waals surface area contributed by atoms with Gasteiger partial charge < -0.3 is 9.73 Å². The highest BCUT2D eigenvalue weighted by molar-refractivity contribution is 9.10. The van der Waals surface area contributed by atoms with Crippen LogP contribution in [0.4, 0.5) is 0 Å². The van der Waals surface area contributed by atoms with Crippen LogP contribution in [-0.4, -0.2) is 44.5 Å². The van der Waals surface area contributed by atoms with Crippen molar-refractivity contribution in [3.05, 3.63) is 34.0 Å². The second kappa shape index (κ2) is 7.67. The predicted molar refractivity (Wildman–Crippen MR) is 97.7 cm³/mol. The van der Waals surface area contributed by atoms with Crippen molar-refractivity contribution in [1.29, 1.82) is 0 Å². The van der Waals surface area contributed by atoms with Crippen LogP contribution in [0, 0.1) is 6.92 Å². The minimum absolute atomic E-state index is 0.290. The number of aryl methyl sites for hydroxylation is 1. The summed E-state index contributed by atoms with van der Waals surface area (Å²) in [5.41, 5.74) is 1.45. The molecule has 0 aliphatic rings. The minimum Gasteiger partial charge on any atom is -0.451 e. The summed E-state index contributed by atoms with van der Waals surface area (Å²) in [4.78, 5) is 12.3. The summed E-state index contributed by atoms with van der Waals surface area (Å²) in [5.74, 6) is 0.000729. The minimum atomic E-state index is -3.20. The number of nitrogens with zero attached hydrogens (tertiary/aromatic N) is 1. The molecule has 0 saturated heterocycles. The number of furan rings is 1. The van der Waals surface area contributed by atoms with E-state index in [1.54, 1.807) is 6.92 Å². The maximum absolute atomic E-state index is 12.3. The van der Waals surface area contributed by atoms with Crippen LogP contribution in [0.2, 0.25) is 0 Å². The number of amides is 1. The summed E-state index contributed by atoms with van der Waals surface area (Å²) in [6.45, 7) is 4.81. The lowest BCUT2D eigenvalue weighted by atomic mass is 10.1.